The molecule has 3 rings (SSSR count). The third-order valence-electron chi connectivity index (χ3n) is 4.31. The standard InChI is InChI=1S/C19H20BrFN2O/c1-14-3-2-4-15(11-14)13-22-7-9-23(10-8-22)19(24)17-12-16(21)5-6-18(17)20/h2-6,11-12H,7-10,13H2,1H3. The molecule has 1 amide bonds. The summed E-state index contributed by atoms with van der Waals surface area (Å²) in [7, 11) is 0. The van der Waals surface area contributed by atoms with Crippen molar-refractivity contribution in [3.8, 4) is 0 Å². The Morgan fingerprint density at radius 2 is 1.88 bits per heavy atom. The summed E-state index contributed by atoms with van der Waals surface area (Å²) >= 11 is 3.34. The summed E-state index contributed by atoms with van der Waals surface area (Å²) in [6.45, 7) is 5.96. The van der Waals surface area contributed by atoms with Gasteiger partial charge in [-0.1, -0.05) is 29.8 Å². The molecule has 5 heteroatoms. The summed E-state index contributed by atoms with van der Waals surface area (Å²) in [5.74, 6) is -0.504. The van der Waals surface area contributed by atoms with Gasteiger partial charge in [-0.15, -0.1) is 0 Å². The second-order valence-electron chi connectivity index (χ2n) is 6.18. The molecule has 1 aliphatic rings. The van der Waals surface area contributed by atoms with Crippen molar-refractivity contribution in [1.82, 2.24) is 9.80 Å². The fraction of sp³-hybridized carbons (Fsp3) is 0.316. The van der Waals surface area contributed by atoms with Crippen LogP contribution in [-0.2, 0) is 6.54 Å². The number of aryl methyl sites for hydroxylation is 1. The highest BCUT2D eigenvalue weighted by atomic mass is 79.9. The van der Waals surface area contributed by atoms with E-state index in [0.717, 1.165) is 19.6 Å². The van der Waals surface area contributed by atoms with Crippen LogP contribution < -0.4 is 0 Å². The van der Waals surface area contributed by atoms with Crippen molar-refractivity contribution in [2.45, 2.75) is 13.5 Å². The summed E-state index contributed by atoms with van der Waals surface area (Å²) in [5, 5.41) is 0. The van der Waals surface area contributed by atoms with Crippen LogP contribution in [0.3, 0.4) is 0 Å². The van der Waals surface area contributed by atoms with Crippen molar-refractivity contribution in [3.63, 3.8) is 0 Å². The number of benzene rings is 2. The van der Waals surface area contributed by atoms with Gasteiger partial charge in [0.05, 0.1) is 5.56 Å². The minimum Gasteiger partial charge on any atom is -0.336 e. The van der Waals surface area contributed by atoms with Crippen LogP contribution in [0.5, 0.6) is 0 Å². The molecule has 2 aromatic rings. The lowest BCUT2D eigenvalue weighted by Gasteiger charge is -2.35. The van der Waals surface area contributed by atoms with Crippen molar-refractivity contribution in [1.29, 1.82) is 0 Å². The summed E-state index contributed by atoms with van der Waals surface area (Å²) < 4.78 is 14.0. The molecule has 0 bridgehead atoms. The molecule has 1 heterocycles. The lowest BCUT2D eigenvalue weighted by atomic mass is 10.1. The number of carbonyl (C=O) groups excluding carboxylic acids is 1. The van der Waals surface area contributed by atoms with Gasteiger partial charge in [0.15, 0.2) is 0 Å². The average Bonchev–Trinajstić information content (AvgIpc) is 2.57. The van der Waals surface area contributed by atoms with Gasteiger partial charge >= 0.3 is 0 Å². The van der Waals surface area contributed by atoms with E-state index in [9.17, 15) is 9.18 Å². The molecular formula is C19H20BrFN2O. The molecule has 0 aliphatic carbocycles. The fourth-order valence-corrected chi connectivity index (χ4v) is 3.43. The van der Waals surface area contributed by atoms with Crippen LogP contribution in [0.15, 0.2) is 46.9 Å². The molecule has 2 aromatic carbocycles. The smallest absolute Gasteiger partial charge is 0.255 e. The van der Waals surface area contributed by atoms with Gasteiger partial charge in [-0.2, -0.15) is 0 Å². The minimum absolute atomic E-state index is 0.114. The van der Waals surface area contributed by atoms with Crippen LogP contribution in [0, 0.1) is 12.7 Å². The van der Waals surface area contributed by atoms with E-state index in [1.165, 1.54) is 23.3 Å². The van der Waals surface area contributed by atoms with Gasteiger partial charge < -0.3 is 4.90 Å². The SMILES string of the molecule is Cc1cccc(CN2CCN(C(=O)c3cc(F)ccc3Br)CC2)c1. The van der Waals surface area contributed by atoms with Crippen molar-refractivity contribution < 1.29 is 9.18 Å². The highest BCUT2D eigenvalue weighted by Crippen LogP contribution is 2.20. The number of rotatable bonds is 3. The quantitative estimate of drug-likeness (QED) is 0.794. The normalized spacial score (nSPS) is 15.5. The highest BCUT2D eigenvalue weighted by Gasteiger charge is 2.23. The van der Waals surface area contributed by atoms with Gasteiger partial charge in [0.1, 0.15) is 5.82 Å². The Bertz CT molecular complexity index is 742. The van der Waals surface area contributed by atoms with Crippen LogP contribution in [0.4, 0.5) is 4.39 Å². The van der Waals surface area contributed by atoms with E-state index in [4.69, 9.17) is 0 Å². The van der Waals surface area contributed by atoms with E-state index in [-0.39, 0.29) is 11.7 Å². The van der Waals surface area contributed by atoms with Gasteiger partial charge in [0.25, 0.3) is 5.91 Å². The highest BCUT2D eigenvalue weighted by molar-refractivity contribution is 9.10. The fourth-order valence-electron chi connectivity index (χ4n) is 3.01. The largest absolute Gasteiger partial charge is 0.336 e. The lowest BCUT2D eigenvalue weighted by molar-refractivity contribution is 0.0627. The number of piperazine rings is 1. The van der Waals surface area contributed by atoms with Gasteiger partial charge in [-0.3, -0.25) is 9.69 Å². The number of halogens is 2. The topological polar surface area (TPSA) is 23.6 Å². The van der Waals surface area contributed by atoms with Crippen molar-refractivity contribution in [2.75, 3.05) is 26.2 Å². The molecule has 1 saturated heterocycles. The molecule has 1 fully saturated rings. The summed E-state index contributed by atoms with van der Waals surface area (Å²) in [6, 6.07) is 12.7. The Labute approximate surface area is 150 Å². The molecule has 0 aromatic heterocycles. The number of hydrogen-bond donors (Lipinski definition) is 0. The Kier molecular flexibility index (Phi) is 5.31. The zero-order valence-electron chi connectivity index (χ0n) is 13.6. The number of nitrogens with zero attached hydrogens (tertiary/aromatic N) is 2. The Morgan fingerprint density at radius 3 is 2.58 bits per heavy atom. The molecule has 3 nitrogen and oxygen atoms in total. The van der Waals surface area contributed by atoms with Crippen LogP contribution in [-0.4, -0.2) is 41.9 Å². The molecule has 24 heavy (non-hydrogen) atoms. The third kappa shape index (κ3) is 4.02. The predicted octanol–water partition coefficient (Wildman–Crippen LogP) is 3.85. The zero-order chi connectivity index (χ0) is 17.1. The van der Waals surface area contributed by atoms with Gasteiger partial charge in [-0.05, 0) is 46.6 Å². The first-order valence-electron chi connectivity index (χ1n) is 8.05. The van der Waals surface area contributed by atoms with E-state index in [1.54, 1.807) is 11.0 Å². The second-order valence-corrected chi connectivity index (χ2v) is 7.04. The minimum atomic E-state index is -0.389. The second kappa shape index (κ2) is 7.45. The maximum absolute atomic E-state index is 13.4. The summed E-state index contributed by atoms with van der Waals surface area (Å²) in [5.41, 5.74) is 2.95. The number of carbonyl (C=O) groups is 1. The first-order chi connectivity index (χ1) is 11.5. The van der Waals surface area contributed by atoms with Gasteiger partial charge in [0, 0.05) is 37.2 Å². The van der Waals surface area contributed by atoms with Crippen molar-refractivity contribution >= 4 is 21.8 Å². The maximum Gasteiger partial charge on any atom is 0.255 e. The molecule has 126 valence electrons. The molecule has 0 atom stereocenters. The molecule has 0 unspecified atom stereocenters. The molecule has 1 aliphatic heterocycles. The molecule has 0 spiro atoms. The van der Waals surface area contributed by atoms with E-state index in [0.29, 0.717) is 23.1 Å². The maximum atomic E-state index is 13.4. The van der Waals surface area contributed by atoms with E-state index < -0.39 is 0 Å². The Balaban J connectivity index is 1.60. The Hall–Kier alpha value is -1.72. The zero-order valence-corrected chi connectivity index (χ0v) is 15.2. The number of hydrogen-bond acceptors (Lipinski definition) is 2. The molecule has 0 N–H and O–H groups in total. The molecule has 0 radical (unpaired) electrons. The van der Waals surface area contributed by atoms with E-state index in [2.05, 4.69) is 52.0 Å². The van der Waals surface area contributed by atoms with Crippen LogP contribution in [0.25, 0.3) is 0 Å². The summed E-state index contributed by atoms with van der Waals surface area (Å²) in [6.07, 6.45) is 0. The number of amides is 1. The van der Waals surface area contributed by atoms with Crippen molar-refractivity contribution in [3.05, 3.63) is 69.4 Å². The molecule has 0 saturated carbocycles. The van der Waals surface area contributed by atoms with Crippen LogP contribution in [0.1, 0.15) is 21.5 Å². The first kappa shape index (κ1) is 17.1. The van der Waals surface area contributed by atoms with E-state index >= 15 is 0 Å². The van der Waals surface area contributed by atoms with Crippen molar-refractivity contribution in [2.24, 2.45) is 0 Å². The predicted molar refractivity (Wildman–Crippen MR) is 96.5 cm³/mol. The van der Waals surface area contributed by atoms with Crippen LogP contribution >= 0.6 is 15.9 Å². The molecular weight excluding hydrogens is 371 g/mol. The Morgan fingerprint density at radius 1 is 1.12 bits per heavy atom. The van der Waals surface area contributed by atoms with Crippen LogP contribution in [0.2, 0.25) is 0 Å². The summed E-state index contributed by atoms with van der Waals surface area (Å²) in [4.78, 5) is 16.7. The average molecular weight is 391 g/mol. The monoisotopic (exact) mass is 390 g/mol. The van der Waals surface area contributed by atoms with Gasteiger partial charge in [0.2, 0.25) is 0 Å². The lowest BCUT2D eigenvalue weighted by Crippen LogP contribution is -2.48. The van der Waals surface area contributed by atoms with E-state index in [1.807, 2.05) is 0 Å². The third-order valence-corrected chi connectivity index (χ3v) is 5.00. The first-order valence-corrected chi connectivity index (χ1v) is 8.84. The van der Waals surface area contributed by atoms with Gasteiger partial charge in [-0.25, -0.2) is 4.39 Å².